The smallest absolute Gasteiger partial charge is 0.224 e. The first-order valence-electron chi connectivity index (χ1n) is 7.82. The van der Waals surface area contributed by atoms with Crippen molar-refractivity contribution in [2.75, 3.05) is 10.6 Å². The average Bonchev–Trinajstić information content (AvgIpc) is 3.08. The van der Waals surface area contributed by atoms with Gasteiger partial charge in [-0.05, 0) is 56.3 Å². The van der Waals surface area contributed by atoms with Crippen LogP contribution in [0.15, 0.2) is 59.3 Å². The van der Waals surface area contributed by atoms with E-state index in [-0.39, 0.29) is 6.10 Å². The van der Waals surface area contributed by atoms with Crippen molar-refractivity contribution in [1.29, 1.82) is 0 Å². The van der Waals surface area contributed by atoms with Crippen molar-refractivity contribution in [1.82, 2.24) is 9.97 Å². The molecule has 3 aromatic rings. The largest absolute Gasteiger partial charge is 0.491 e. The molecule has 24 heavy (non-hydrogen) atoms. The van der Waals surface area contributed by atoms with Crippen LogP contribution in [0.2, 0.25) is 0 Å². The van der Waals surface area contributed by atoms with Gasteiger partial charge >= 0.3 is 0 Å². The number of anilines is 3. The highest BCUT2D eigenvalue weighted by Crippen LogP contribution is 2.20. The summed E-state index contributed by atoms with van der Waals surface area (Å²) in [4.78, 5) is 8.64. The Morgan fingerprint density at radius 2 is 1.96 bits per heavy atom. The summed E-state index contributed by atoms with van der Waals surface area (Å²) in [6.45, 7) is 4.55. The van der Waals surface area contributed by atoms with Crippen LogP contribution in [-0.2, 0) is 6.54 Å². The van der Waals surface area contributed by atoms with Gasteiger partial charge in [-0.1, -0.05) is 0 Å². The second kappa shape index (κ2) is 7.50. The highest BCUT2D eigenvalue weighted by molar-refractivity contribution is 5.57. The fraction of sp³-hybridized carbons (Fsp3) is 0.222. The van der Waals surface area contributed by atoms with Crippen LogP contribution in [-0.4, -0.2) is 16.1 Å². The number of hydrogen-bond donors (Lipinski definition) is 2. The summed E-state index contributed by atoms with van der Waals surface area (Å²) < 4.78 is 10.9. The maximum Gasteiger partial charge on any atom is 0.224 e. The summed E-state index contributed by atoms with van der Waals surface area (Å²) in [6, 6.07) is 13.3. The third-order valence-electron chi connectivity index (χ3n) is 3.15. The summed E-state index contributed by atoms with van der Waals surface area (Å²) in [5.74, 6) is 2.93. The van der Waals surface area contributed by atoms with E-state index in [2.05, 4.69) is 20.6 Å². The number of benzene rings is 1. The van der Waals surface area contributed by atoms with Gasteiger partial charge in [0, 0.05) is 11.9 Å². The first-order chi connectivity index (χ1) is 11.7. The fourth-order valence-electron chi connectivity index (χ4n) is 2.13. The average molecular weight is 324 g/mol. The zero-order valence-electron chi connectivity index (χ0n) is 13.7. The highest BCUT2D eigenvalue weighted by atomic mass is 16.5. The van der Waals surface area contributed by atoms with Crippen molar-refractivity contribution in [3.05, 3.63) is 60.7 Å². The van der Waals surface area contributed by atoms with Gasteiger partial charge in [0.15, 0.2) is 0 Å². The Labute approximate surface area is 140 Å². The summed E-state index contributed by atoms with van der Waals surface area (Å²) in [6.07, 6.45) is 3.51. The van der Waals surface area contributed by atoms with Crippen LogP contribution in [0.3, 0.4) is 0 Å². The summed E-state index contributed by atoms with van der Waals surface area (Å²) in [5, 5.41) is 6.38. The molecule has 0 radical (unpaired) electrons. The van der Waals surface area contributed by atoms with E-state index in [0.717, 1.165) is 17.2 Å². The topological polar surface area (TPSA) is 72.2 Å². The lowest BCUT2D eigenvalue weighted by atomic mass is 10.3. The molecular formula is C18H20N4O2. The molecule has 2 heterocycles. The van der Waals surface area contributed by atoms with Gasteiger partial charge in [0.25, 0.3) is 0 Å². The van der Waals surface area contributed by atoms with E-state index in [1.54, 1.807) is 12.5 Å². The Morgan fingerprint density at radius 1 is 1.12 bits per heavy atom. The molecule has 0 bridgehead atoms. The lowest BCUT2D eigenvalue weighted by molar-refractivity contribution is 0.242. The molecule has 6 heteroatoms. The molecule has 0 aliphatic rings. The molecule has 124 valence electrons. The van der Waals surface area contributed by atoms with Crippen LogP contribution >= 0.6 is 0 Å². The van der Waals surface area contributed by atoms with Crippen LogP contribution in [0.5, 0.6) is 5.75 Å². The maximum absolute atomic E-state index is 5.63. The van der Waals surface area contributed by atoms with E-state index >= 15 is 0 Å². The number of rotatable bonds is 7. The SMILES string of the molecule is CC(C)Oc1ccc(Nc2ccnc(NCc3ccco3)n2)cc1. The van der Waals surface area contributed by atoms with Gasteiger partial charge in [0.05, 0.1) is 18.9 Å². The van der Waals surface area contributed by atoms with E-state index in [0.29, 0.717) is 18.3 Å². The third-order valence-corrected chi connectivity index (χ3v) is 3.15. The van der Waals surface area contributed by atoms with E-state index in [9.17, 15) is 0 Å². The van der Waals surface area contributed by atoms with Crippen molar-refractivity contribution >= 4 is 17.5 Å². The number of aromatic nitrogens is 2. The number of furan rings is 1. The Kier molecular flexibility index (Phi) is 4.96. The van der Waals surface area contributed by atoms with Crippen molar-refractivity contribution < 1.29 is 9.15 Å². The normalized spacial score (nSPS) is 10.6. The van der Waals surface area contributed by atoms with Gasteiger partial charge in [-0.15, -0.1) is 0 Å². The van der Waals surface area contributed by atoms with Crippen LogP contribution in [0, 0.1) is 0 Å². The molecule has 3 rings (SSSR count). The standard InChI is InChI=1S/C18H20N4O2/c1-13(2)24-15-7-5-14(6-8-15)21-17-9-10-19-18(22-17)20-12-16-4-3-11-23-16/h3-11,13H,12H2,1-2H3,(H2,19,20,21,22). The first-order valence-corrected chi connectivity index (χ1v) is 7.82. The predicted molar refractivity (Wildman–Crippen MR) is 93.6 cm³/mol. The van der Waals surface area contributed by atoms with Crippen molar-refractivity contribution in [3.63, 3.8) is 0 Å². The first kappa shape index (κ1) is 15.9. The fourth-order valence-corrected chi connectivity index (χ4v) is 2.13. The number of hydrogen-bond acceptors (Lipinski definition) is 6. The van der Waals surface area contributed by atoms with E-state index in [1.165, 1.54) is 0 Å². The van der Waals surface area contributed by atoms with E-state index in [4.69, 9.17) is 9.15 Å². The third kappa shape index (κ3) is 4.49. The van der Waals surface area contributed by atoms with E-state index < -0.39 is 0 Å². The number of nitrogens with one attached hydrogen (secondary N) is 2. The molecule has 2 aromatic heterocycles. The van der Waals surface area contributed by atoms with Crippen LogP contribution in [0.4, 0.5) is 17.5 Å². The van der Waals surface area contributed by atoms with E-state index in [1.807, 2.05) is 56.3 Å². The van der Waals surface area contributed by atoms with Crippen LogP contribution in [0.25, 0.3) is 0 Å². The molecule has 2 N–H and O–H groups in total. The lowest BCUT2D eigenvalue weighted by Crippen LogP contribution is -2.05. The molecule has 0 saturated heterocycles. The number of ether oxygens (including phenoxy) is 1. The highest BCUT2D eigenvalue weighted by Gasteiger charge is 2.02. The summed E-state index contributed by atoms with van der Waals surface area (Å²) in [7, 11) is 0. The second-order valence-corrected chi connectivity index (χ2v) is 5.51. The van der Waals surface area contributed by atoms with Crippen LogP contribution in [0.1, 0.15) is 19.6 Å². The van der Waals surface area contributed by atoms with Gasteiger partial charge in [-0.2, -0.15) is 4.98 Å². The molecule has 0 spiro atoms. The molecule has 0 saturated carbocycles. The molecule has 1 aromatic carbocycles. The maximum atomic E-state index is 5.63. The molecule has 0 atom stereocenters. The summed E-state index contributed by atoms with van der Waals surface area (Å²) >= 11 is 0. The molecule has 0 fully saturated rings. The molecule has 0 aliphatic carbocycles. The van der Waals surface area contributed by atoms with Gasteiger partial charge in [0.1, 0.15) is 17.3 Å². The zero-order chi connectivity index (χ0) is 16.8. The van der Waals surface area contributed by atoms with Crippen molar-refractivity contribution in [2.45, 2.75) is 26.5 Å². The monoisotopic (exact) mass is 324 g/mol. The van der Waals surface area contributed by atoms with Gasteiger partial charge in [-0.3, -0.25) is 0 Å². The van der Waals surface area contributed by atoms with Crippen molar-refractivity contribution in [2.24, 2.45) is 0 Å². The summed E-state index contributed by atoms with van der Waals surface area (Å²) in [5.41, 5.74) is 0.932. The number of nitrogens with zero attached hydrogens (tertiary/aromatic N) is 2. The molecule has 6 nitrogen and oxygen atoms in total. The molecular weight excluding hydrogens is 304 g/mol. The van der Waals surface area contributed by atoms with Crippen molar-refractivity contribution in [3.8, 4) is 5.75 Å². The lowest BCUT2D eigenvalue weighted by Gasteiger charge is -2.11. The molecule has 0 amide bonds. The minimum Gasteiger partial charge on any atom is -0.491 e. The zero-order valence-corrected chi connectivity index (χ0v) is 13.7. The molecule has 0 unspecified atom stereocenters. The Hall–Kier alpha value is -3.02. The van der Waals surface area contributed by atoms with Gasteiger partial charge in [-0.25, -0.2) is 4.98 Å². The van der Waals surface area contributed by atoms with Gasteiger partial charge < -0.3 is 19.8 Å². The molecule has 0 aliphatic heterocycles. The Balaban J connectivity index is 1.61. The minimum atomic E-state index is 0.161. The van der Waals surface area contributed by atoms with Crippen LogP contribution < -0.4 is 15.4 Å². The Morgan fingerprint density at radius 3 is 2.67 bits per heavy atom. The quantitative estimate of drug-likeness (QED) is 0.678. The van der Waals surface area contributed by atoms with Gasteiger partial charge in [0.2, 0.25) is 5.95 Å². The Bertz CT molecular complexity index is 755. The second-order valence-electron chi connectivity index (χ2n) is 5.51. The predicted octanol–water partition coefficient (Wildman–Crippen LogP) is 4.21. The minimum absolute atomic E-state index is 0.161.